The maximum Gasteiger partial charge on any atom is 0.312 e. The fourth-order valence-corrected chi connectivity index (χ4v) is 1.23. The van der Waals surface area contributed by atoms with Gasteiger partial charge in [0.25, 0.3) is 0 Å². The molecule has 1 rings (SSSR count). The van der Waals surface area contributed by atoms with Gasteiger partial charge in [-0.15, -0.1) is 0 Å². The van der Waals surface area contributed by atoms with E-state index in [9.17, 15) is 10.1 Å². The van der Waals surface area contributed by atoms with Gasteiger partial charge in [0.1, 0.15) is 6.07 Å². The number of aliphatic hydroxyl groups is 1. The third kappa shape index (κ3) is 3.12. The van der Waals surface area contributed by atoms with Crippen molar-refractivity contribution in [1.29, 1.82) is 5.26 Å². The highest BCUT2D eigenvalue weighted by atomic mass is 16.6. The molecule has 0 spiro atoms. The van der Waals surface area contributed by atoms with E-state index in [4.69, 9.17) is 10.4 Å². The lowest BCUT2D eigenvalue weighted by molar-refractivity contribution is -0.384. The lowest BCUT2D eigenvalue weighted by Crippen LogP contribution is -2.23. The van der Waals surface area contributed by atoms with Crippen LogP contribution in [0.2, 0.25) is 0 Å². The summed E-state index contributed by atoms with van der Waals surface area (Å²) in [6.07, 6.45) is 1.86. The van der Waals surface area contributed by atoms with Gasteiger partial charge in [0.05, 0.1) is 23.1 Å². The van der Waals surface area contributed by atoms with E-state index in [0.29, 0.717) is 6.42 Å². The average molecular weight is 236 g/mol. The first-order valence-electron chi connectivity index (χ1n) is 5.04. The molecule has 0 aliphatic heterocycles. The molecule has 17 heavy (non-hydrogen) atoms. The first-order chi connectivity index (χ1) is 8.12. The second-order valence-electron chi connectivity index (χ2n) is 3.39. The summed E-state index contributed by atoms with van der Waals surface area (Å²) in [5.41, 5.74) is -0.143. The topological polar surface area (TPSA) is 112 Å². The minimum Gasteiger partial charge on any atom is -0.394 e. The molecule has 0 saturated heterocycles. The summed E-state index contributed by atoms with van der Waals surface area (Å²) in [6, 6.07) is 2.64. The number of aromatic nitrogens is 1. The fraction of sp³-hybridized carbons (Fsp3) is 0.400. The zero-order valence-electron chi connectivity index (χ0n) is 9.25. The van der Waals surface area contributed by atoms with Crippen LogP contribution in [0.15, 0.2) is 12.3 Å². The Labute approximate surface area is 97.9 Å². The number of anilines is 1. The maximum atomic E-state index is 10.8. The predicted molar refractivity (Wildman–Crippen MR) is 60.4 cm³/mol. The van der Waals surface area contributed by atoms with Crippen LogP contribution in [0.3, 0.4) is 0 Å². The Morgan fingerprint density at radius 2 is 2.47 bits per heavy atom. The van der Waals surface area contributed by atoms with Crippen LogP contribution >= 0.6 is 0 Å². The Kier molecular flexibility index (Phi) is 4.37. The quantitative estimate of drug-likeness (QED) is 0.583. The lowest BCUT2D eigenvalue weighted by atomic mass is 10.2. The number of nitro groups is 1. The number of nitriles is 1. The van der Waals surface area contributed by atoms with Crippen LogP contribution in [0, 0.1) is 21.4 Å². The summed E-state index contributed by atoms with van der Waals surface area (Å²) >= 11 is 0. The van der Waals surface area contributed by atoms with E-state index in [1.165, 1.54) is 6.20 Å². The molecule has 0 fully saturated rings. The number of nitrogens with zero attached hydrogens (tertiary/aromatic N) is 3. The summed E-state index contributed by atoms with van der Waals surface area (Å²) in [6.45, 7) is 1.69. The molecule has 2 N–H and O–H groups in total. The van der Waals surface area contributed by atoms with Crippen LogP contribution in [0.25, 0.3) is 0 Å². The molecule has 1 unspecified atom stereocenters. The summed E-state index contributed by atoms with van der Waals surface area (Å²) < 4.78 is 0. The van der Waals surface area contributed by atoms with Gasteiger partial charge in [-0.3, -0.25) is 10.1 Å². The Hall–Kier alpha value is -2.20. The van der Waals surface area contributed by atoms with E-state index < -0.39 is 4.92 Å². The van der Waals surface area contributed by atoms with Crippen molar-refractivity contribution in [1.82, 2.24) is 4.98 Å². The summed E-state index contributed by atoms with van der Waals surface area (Å²) in [7, 11) is 0. The van der Waals surface area contributed by atoms with Crippen LogP contribution in [-0.4, -0.2) is 27.7 Å². The monoisotopic (exact) mass is 236 g/mol. The van der Waals surface area contributed by atoms with Crippen LogP contribution in [0.5, 0.6) is 0 Å². The third-order valence-electron chi connectivity index (χ3n) is 2.25. The van der Waals surface area contributed by atoms with Gasteiger partial charge < -0.3 is 10.4 Å². The van der Waals surface area contributed by atoms with Crippen molar-refractivity contribution in [2.45, 2.75) is 19.4 Å². The van der Waals surface area contributed by atoms with Crippen molar-refractivity contribution in [3.05, 3.63) is 27.9 Å². The molecule has 90 valence electrons. The molecule has 0 radical (unpaired) electrons. The van der Waals surface area contributed by atoms with Crippen molar-refractivity contribution in [2.24, 2.45) is 0 Å². The standard InChI is InChI=1S/C10H12N4O3/c1-2-8(6-15)13-10-9(14(16)17)3-7(4-11)5-12-10/h3,5,8,15H,2,6H2,1H3,(H,12,13). The van der Waals surface area contributed by atoms with Crippen molar-refractivity contribution in [3.63, 3.8) is 0 Å². The predicted octanol–water partition coefficient (Wildman–Crippen LogP) is 1.04. The van der Waals surface area contributed by atoms with Gasteiger partial charge >= 0.3 is 5.69 Å². The number of hydrogen-bond donors (Lipinski definition) is 2. The molecule has 0 aromatic carbocycles. The zero-order valence-corrected chi connectivity index (χ0v) is 9.25. The molecule has 0 aliphatic rings. The second-order valence-corrected chi connectivity index (χ2v) is 3.39. The molecule has 1 heterocycles. The van der Waals surface area contributed by atoms with Gasteiger partial charge in [-0.1, -0.05) is 6.92 Å². The average Bonchev–Trinajstić information content (AvgIpc) is 2.35. The van der Waals surface area contributed by atoms with E-state index in [1.807, 2.05) is 6.92 Å². The molecule has 7 heteroatoms. The minimum absolute atomic E-state index is 0.0647. The molecule has 0 aliphatic carbocycles. The normalized spacial score (nSPS) is 11.6. The maximum absolute atomic E-state index is 10.8. The highest BCUT2D eigenvalue weighted by Crippen LogP contribution is 2.23. The van der Waals surface area contributed by atoms with E-state index in [0.717, 1.165) is 6.07 Å². The molecule has 1 atom stereocenters. The van der Waals surface area contributed by atoms with Gasteiger partial charge in [-0.2, -0.15) is 5.26 Å². The zero-order chi connectivity index (χ0) is 12.8. The van der Waals surface area contributed by atoms with Gasteiger partial charge in [0.2, 0.25) is 5.82 Å². The summed E-state index contributed by atoms with van der Waals surface area (Å²) in [4.78, 5) is 14.0. The number of aliphatic hydroxyl groups excluding tert-OH is 1. The van der Waals surface area contributed by atoms with Crippen molar-refractivity contribution < 1.29 is 10.0 Å². The van der Waals surface area contributed by atoms with Crippen LogP contribution in [0.4, 0.5) is 11.5 Å². The molecular formula is C10H12N4O3. The summed E-state index contributed by atoms with van der Waals surface area (Å²) in [5, 5.41) is 31.2. The number of rotatable bonds is 5. The van der Waals surface area contributed by atoms with E-state index in [-0.39, 0.29) is 29.7 Å². The molecular weight excluding hydrogens is 224 g/mol. The Bertz CT molecular complexity index is 451. The number of pyridine rings is 1. The fourth-order valence-electron chi connectivity index (χ4n) is 1.23. The highest BCUT2D eigenvalue weighted by molar-refractivity contribution is 5.58. The first-order valence-corrected chi connectivity index (χ1v) is 5.04. The Balaban J connectivity index is 3.07. The molecule has 7 nitrogen and oxygen atoms in total. The van der Waals surface area contributed by atoms with Crippen LogP contribution in [0.1, 0.15) is 18.9 Å². The highest BCUT2D eigenvalue weighted by Gasteiger charge is 2.18. The Morgan fingerprint density at radius 3 is 2.94 bits per heavy atom. The van der Waals surface area contributed by atoms with Crippen molar-refractivity contribution >= 4 is 11.5 Å². The van der Waals surface area contributed by atoms with Crippen LogP contribution in [-0.2, 0) is 0 Å². The van der Waals surface area contributed by atoms with Gasteiger partial charge in [-0.25, -0.2) is 4.98 Å². The van der Waals surface area contributed by atoms with E-state index in [1.54, 1.807) is 6.07 Å². The van der Waals surface area contributed by atoms with E-state index >= 15 is 0 Å². The molecule has 0 bridgehead atoms. The van der Waals surface area contributed by atoms with Crippen molar-refractivity contribution in [2.75, 3.05) is 11.9 Å². The van der Waals surface area contributed by atoms with Crippen LogP contribution < -0.4 is 5.32 Å². The largest absolute Gasteiger partial charge is 0.394 e. The molecule has 1 aromatic heterocycles. The molecule has 1 aromatic rings. The molecule has 0 amide bonds. The first kappa shape index (κ1) is 12.9. The van der Waals surface area contributed by atoms with Gasteiger partial charge in [0.15, 0.2) is 0 Å². The lowest BCUT2D eigenvalue weighted by Gasteiger charge is -2.14. The van der Waals surface area contributed by atoms with Gasteiger partial charge in [-0.05, 0) is 6.42 Å². The SMILES string of the molecule is CCC(CO)Nc1ncc(C#N)cc1[N+](=O)[O-]. The number of hydrogen-bond acceptors (Lipinski definition) is 6. The second kappa shape index (κ2) is 5.77. The van der Waals surface area contributed by atoms with Crippen molar-refractivity contribution in [3.8, 4) is 6.07 Å². The number of nitrogens with one attached hydrogen (secondary N) is 1. The van der Waals surface area contributed by atoms with Gasteiger partial charge in [0, 0.05) is 12.3 Å². The minimum atomic E-state index is -0.611. The Morgan fingerprint density at radius 1 is 1.76 bits per heavy atom. The smallest absolute Gasteiger partial charge is 0.312 e. The third-order valence-corrected chi connectivity index (χ3v) is 2.25. The summed E-state index contributed by atoms with van der Waals surface area (Å²) in [5.74, 6) is 0.0647. The molecule has 0 saturated carbocycles. The van der Waals surface area contributed by atoms with E-state index in [2.05, 4.69) is 10.3 Å².